The van der Waals surface area contributed by atoms with Crippen LogP contribution in [-0.4, -0.2) is 20.4 Å². The minimum absolute atomic E-state index is 0.228. The second-order valence-corrected chi connectivity index (χ2v) is 6.44. The molecule has 0 bridgehead atoms. The number of rotatable bonds is 4. The van der Waals surface area contributed by atoms with Crippen LogP contribution in [0, 0.1) is 19.7 Å². The Morgan fingerprint density at radius 1 is 1.29 bits per heavy atom. The van der Waals surface area contributed by atoms with Gasteiger partial charge in [-0.1, -0.05) is 0 Å². The molecule has 3 aromatic rings. The number of hydrogen-bond acceptors (Lipinski definition) is 3. The highest BCUT2D eigenvalue weighted by atomic mass is 35.5. The number of fused-ring (bicyclic) bond motifs is 1. The van der Waals surface area contributed by atoms with E-state index in [4.69, 9.17) is 11.6 Å². The number of aromatic nitrogens is 3. The van der Waals surface area contributed by atoms with Gasteiger partial charge < -0.3 is 4.57 Å². The van der Waals surface area contributed by atoms with Crippen LogP contribution in [0.2, 0.25) is 0 Å². The van der Waals surface area contributed by atoms with Gasteiger partial charge in [0.15, 0.2) is 0 Å². The van der Waals surface area contributed by atoms with Gasteiger partial charge in [0.25, 0.3) is 0 Å². The van der Waals surface area contributed by atoms with Crippen LogP contribution in [0.5, 0.6) is 0 Å². The molecular formula is C15H15ClFN3S. The fraction of sp³-hybridized carbons (Fsp3) is 0.333. The third-order valence-corrected chi connectivity index (χ3v) is 4.42. The average Bonchev–Trinajstić information content (AvgIpc) is 2.97. The monoisotopic (exact) mass is 323 g/mol. The molecule has 0 saturated heterocycles. The molecule has 0 amide bonds. The van der Waals surface area contributed by atoms with Gasteiger partial charge in [-0.2, -0.15) is 0 Å². The molecule has 0 unspecified atom stereocenters. The van der Waals surface area contributed by atoms with E-state index >= 15 is 0 Å². The molecule has 0 aliphatic rings. The molecule has 2 aromatic heterocycles. The van der Waals surface area contributed by atoms with Gasteiger partial charge >= 0.3 is 0 Å². The Hall–Kier alpha value is -1.46. The standard InChI is InChI=1S/C15H15ClFN3S/c1-9-5-14-13(6-12(9)17)19-15(3-4-16)20(14)7-11-8-21-10(2)18-11/h5-6,8H,3-4,7H2,1-2H3. The predicted molar refractivity (Wildman–Crippen MR) is 84.8 cm³/mol. The molecule has 6 heteroatoms. The van der Waals surface area contributed by atoms with Crippen molar-refractivity contribution in [3.05, 3.63) is 45.4 Å². The first-order chi connectivity index (χ1) is 10.1. The summed E-state index contributed by atoms with van der Waals surface area (Å²) in [5.41, 5.74) is 3.22. The molecule has 3 nitrogen and oxygen atoms in total. The summed E-state index contributed by atoms with van der Waals surface area (Å²) in [4.78, 5) is 9.02. The quantitative estimate of drug-likeness (QED) is 0.677. The Kier molecular flexibility index (Phi) is 3.95. The van der Waals surface area contributed by atoms with Crippen LogP contribution in [-0.2, 0) is 13.0 Å². The number of alkyl halides is 1. The van der Waals surface area contributed by atoms with Crippen molar-refractivity contribution in [2.24, 2.45) is 0 Å². The lowest BCUT2D eigenvalue weighted by molar-refractivity contribution is 0.620. The van der Waals surface area contributed by atoms with Gasteiger partial charge in [-0.15, -0.1) is 22.9 Å². The van der Waals surface area contributed by atoms with E-state index in [2.05, 4.69) is 14.5 Å². The molecule has 21 heavy (non-hydrogen) atoms. The largest absolute Gasteiger partial charge is 0.322 e. The van der Waals surface area contributed by atoms with Crippen molar-refractivity contribution in [3.63, 3.8) is 0 Å². The van der Waals surface area contributed by atoms with E-state index < -0.39 is 0 Å². The van der Waals surface area contributed by atoms with Crippen LogP contribution < -0.4 is 0 Å². The summed E-state index contributed by atoms with van der Waals surface area (Å²) < 4.78 is 15.8. The normalized spacial score (nSPS) is 11.4. The summed E-state index contributed by atoms with van der Waals surface area (Å²) in [5.74, 6) is 1.13. The zero-order chi connectivity index (χ0) is 15.0. The van der Waals surface area contributed by atoms with Crippen molar-refractivity contribution in [2.75, 3.05) is 5.88 Å². The summed E-state index contributed by atoms with van der Waals surface area (Å²) in [5, 5.41) is 3.08. The van der Waals surface area contributed by atoms with E-state index in [1.807, 2.05) is 18.4 Å². The molecule has 1 aromatic carbocycles. The maximum Gasteiger partial charge on any atom is 0.128 e. The van der Waals surface area contributed by atoms with Crippen LogP contribution in [0.3, 0.4) is 0 Å². The summed E-state index contributed by atoms with van der Waals surface area (Å²) >= 11 is 7.49. The van der Waals surface area contributed by atoms with Gasteiger partial charge in [0, 0.05) is 23.7 Å². The first-order valence-corrected chi connectivity index (χ1v) is 8.12. The van der Waals surface area contributed by atoms with Crippen molar-refractivity contribution in [1.82, 2.24) is 14.5 Å². The van der Waals surface area contributed by atoms with Crippen molar-refractivity contribution in [3.8, 4) is 0 Å². The Morgan fingerprint density at radius 3 is 2.76 bits per heavy atom. The number of halogens is 2. The van der Waals surface area contributed by atoms with Crippen LogP contribution in [0.15, 0.2) is 17.5 Å². The first kappa shape index (κ1) is 14.5. The van der Waals surface area contributed by atoms with Gasteiger partial charge in [-0.3, -0.25) is 0 Å². The van der Waals surface area contributed by atoms with E-state index in [1.165, 1.54) is 6.07 Å². The Morgan fingerprint density at radius 2 is 2.10 bits per heavy atom. The van der Waals surface area contributed by atoms with Crippen molar-refractivity contribution in [1.29, 1.82) is 0 Å². The fourth-order valence-electron chi connectivity index (χ4n) is 2.39. The maximum absolute atomic E-state index is 13.7. The second-order valence-electron chi connectivity index (χ2n) is 5.00. The highest BCUT2D eigenvalue weighted by Gasteiger charge is 2.14. The molecule has 0 radical (unpaired) electrons. The van der Waals surface area contributed by atoms with Crippen molar-refractivity contribution in [2.45, 2.75) is 26.8 Å². The summed E-state index contributed by atoms with van der Waals surface area (Å²) in [6.45, 7) is 4.39. The minimum Gasteiger partial charge on any atom is -0.322 e. The van der Waals surface area contributed by atoms with E-state index in [0.29, 0.717) is 29.9 Å². The summed E-state index contributed by atoms with van der Waals surface area (Å²) in [6, 6.07) is 3.33. The van der Waals surface area contributed by atoms with Gasteiger partial charge in [-0.05, 0) is 25.5 Å². The molecule has 0 aliphatic carbocycles. The van der Waals surface area contributed by atoms with Gasteiger partial charge in [-0.25, -0.2) is 14.4 Å². The molecule has 0 saturated carbocycles. The molecule has 0 spiro atoms. The van der Waals surface area contributed by atoms with E-state index in [0.717, 1.165) is 22.0 Å². The average molecular weight is 324 g/mol. The molecular weight excluding hydrogens is 309 g/mol. The predicted octanol–water partition coefficient (Wildman–Crippen LogP) is 4.08. The summed E-state index contributed by atoms with van der Waals surface area (Å²) in [7, 11) is 0. The zero-order valence-electron chi connectivity index (χ0n) is 11.9. The Bertz CT molecular complexity index is 794. The lowest BCUT2D eigenvalue weighted by Gasteiger charge is -2.07. The summed E-state index contributed by atoms with van der Waals surface area (Å²) in [6.07, 6.45) is 0.653. The van der Waals surface area contributed by atoms with E-state index in [9.17, 15) is 4.39 Å². The topological polar surface area (TPSA) is 30.7 Å². The number of hydrogen-bond donors (Lipinski definition) is 0. The van der Waals surface area contributed by atoms with E-state index in [1.54, 1.807) is 18.3 Å². The van der Waals surface area contributed by atoms with Crippen molar-refractivity contribution < 1.29 is 4.39 Å². The molecule has 0 aliphatic heterocycles. The number of thiazole rings is 1. The maximum atomic E-state index is 13.7. The highest BCUT2D eigenvalue weighted by molar-refractivity contribution is 7.09. The SMILES string of the molecule is Cc1nc(Cn2c(CCCl)nc3cc(F)c(C)cc32)cs1. The van der Waals surface area contributed by atoms with Crippen LogP contribution >= 0.6 is 22.9 Å². The number of nitrogens with zero attached hydrogens (tertiary/aromatic N) is 3. The fourth-order valence-corrected chi connectivity index (χ4v) is 3.17. The van der Waals surface area contributed by atoms with Gasteiger partial charge in [0.2, 0.25) is 0 Å². The van der Waals surface area contributed by atoms with Crippen LogP contribution in [0.25, 0.3) is 11.0 Å². The molecule has 0 N–H and O–H groups in total. The zero-order valence-corrected chi connectivity index (χ0v) is 13.4. The minimum atomic E-state index is -0.228. The number of benzene rings is 1. The molecule has 2 heterocycles. The molecule has 110 valence electrons. The van der Waals surface area contributed by atoms with E-state index in [-0.39, 0.29) is 5.82 Å². The smallest absolute Gasteiger partial charge is 0.128 e. The Balaban J connectivity index is 2.12. The Labute approximate surface area is 131 Å². The third kappa shape index (κ3) is 2.80. The lowest BCUT2D eigenvalue weighted by Crippen LogP contribution is -2.06. The van der Waals surface area contributed by atoms with Gasteiger partial charge in [0.05, 0.1) is 28.3 Å². The first-order valence-electron chi connectivity index (χ1n) is 6.70. The van der Waals surface area contributed by atoms with Crippen LogP contribution in [0.4, 0.5) is 4.39 Å². The van der Waals surface area contributed by atoms with Crippen LogP contribution in [0.1, 0.15) is 22.1 Å². The third-order valence-electron chi connectivity index (χ3n) is 3.41. The number of aryl methyl sites for hydroxylation is 3. The van der Waals surface area contributed by atoms with Crippen molar-refractivity contribution >= 4 is 34.0 Å². The van der Waals surface area contributed by atoms with Gasteiger partial charge in [0.1, 0.15) is 11.6 Å². The molecule has 3 rings (SSSR count). The highest BCUT2D eigenvalue weighted by Crippen LogP contribution is 2.22. The lowest BCUT2D eigenvalue weighted by atomic mass is 10.2. The molecule has 0 atom stereocenters. The molecule has 0 fully saturated rings. The second kappa shape index (κ2) is 5.73. The number of imidazole rings is 1.